The van der Waals surface area contributed by atoms with Gasteiger partial charge in [0.2, 0.25) is 0 Å². The molecule has 0 amide bonds. The molecule has 7 heteroatoms. The van der Waals surface area contributed by atoms with Crippen molar-refractivity contribution in [1.29, 1.82) is 0 Å². The highest BCUT2D eigenvalue weighted by molar-refractivity contribution is 5.04. The minimum atomic E-state index is -0.511. The quantitative estimate of drug-likeness (QED) is 0.560. The van der Waals surface area contributed by atoms with Crippen molar-refractivity contribution in [2.75, 3.05) is 13.2 Å². The lowest BCUT2D eigenvalue weighted by Crippen LogP contribution is -2.43. The Balaban J connectivity index is 2.39. The van der Waals surface area contributed by atoms with E-state index in [1.54, 1.807) is 6.92 Å². The van der Waals surface area contributed by atoms with Crippen molar-refractivity contribution in [3.05, 3.63) is 32.6 Å². The molecule has 4 N–H and O–H groups in total. The van der Waals surface area contributed by atoms with E-state index in [4.69, 9.17) is 15.6 Å². The molecule has 94 valence electrons. The number of aromatic amines is 1. The fraction of sp³-hybridized carbons (Fsp3) is 0.600. The first-order chi connectivity index (χ1) is 8.04. The number of aliphatic hydroxyl groups is 1. The summed E-state index contributed by atoms with van der Waals surface area (Å²) in [5.74, 6) is 0. The summed E-state index contributed by atoms with van der Waals surface area (Å²) in [6.45, 7) is 1.67. The molecule has 0 saturated carbocycles. The number of rotatable bonds is 2. The van der Waals surface area contributed by atoms with Crippen LogP contribution in [0.25, 0.3) is 0 Å². The van der Waals surface area contributed by atoms with Crippen molar-refractivity contribution >= 4 is 0 Å². The molecule has 17 heavy (non-hydrogen) atoms. The molecule has 1 unspecified atom stereocenters. The van der Waals surface area contributed by atoms with Gasteiger partial charge in [-0.3, -0.25) is 14.3 Å². The first kappa shape index (κ1) is 12.0. The molecule has 0 aliphatic carbocycles. The van der Waals surface area contributed by atoms with Gasteiger partial charge >= 0.3 is 5.69 Å². The van der Waals surface area contributed by atoms with Gasteiger partial charge in [-0.1, -0.05) is 0 Å². The van der Waals surface area contributed by atoms with Gasteiger partial charge in [-0.2, -0.15) is 0 Å². The molecule has 1 aliphatic rings. The Labute approximate surface area is 96.8 Å². The number of ether oxygens (including phenoxy) is 1. The predicted octanol–water partition coefficient (Wildman–Crippen LogP) is -1.90. The van der Waals surface area contributed by atoms with E-state index in [1.165, 1.54) is 10.8 Å². The van der Waals surface area contributed by atoms with E-state index in [9.17, 15) is 9.59 Å². The largest absolute Gasteiger partial charge is 0.394 e. The van der Waals surface area contributed by atoms with Crippen LogP contribution in [0.1, 0.15) is 11.6 Å². The first-order valence-electron chi connectivity index (χ1n) is 5.34. The lowest BCUT2D eigenvalue weighted by molar-refractivity contribution is 0.0519. The Kier molecular flexibility index (Phi) is 3.14. The normalized spacial score (nSPS) is 28.5. The molecule has 1 aliphatic heterocycles. The second-order valence-electron chi connectivity index (χ2n) is 4.18. The number of hydrogen-bond donors (Lipinski definition) is 3. The highest BCUT2D eigenvalue weighted by Gasteiger charge is 2.35. The third-order valence-corrected chi connectivity index (χ3v) is 3.04. The van der Waals surface area contributed by atoms with Crippen LogP contribution in [-0.4, -0.2) is 40.0 Å². The van der Waals surface area contributed by atoms with Crippen molar-refractivity contribution in [2.45, 2.75) is 25.1 Å². The van der Waals surface area contributed by atoms with Crippen LogP contribution in [-0.2, 0) is 4.74 Å². The number of nitrogens with one attached hydrogen (secondary N) is 1. The molecule has 1 saturated heterocycles. The van der Waals surface area contributed by atoms with Gasteiger partial charge in [-0.05, 0) is 6.92 Å². The van der Waals surface area contributed by atoms with Crippen LogP contribution in [0.4, 0.5) is 0 Å². The Hall–Kier alpha value is -1.44. The van der Waals surface area contributed by atoms with E-state index in [0.29, 0.717) is 5.56 Å². The minimum Gasteiger partial charge on any atom is -0.394 e. The topological polar surface area (TPSA) is 110 Å². The monoisotopic (exact) mass is 241 g/mol. The number of hydrogen-bond acceptors (Lipinski definition) is 5. The van der Waals surface area contributed by atoms with Crippen molar-refractivity contribution in [2.24, 2.45) is 5.73 Å². The zero-order chi connectivity index (χ0) is 12.6. The molecule has 1 aromatic rings. The van der Waals surface area contributed by atoms with Crippen LogP contribution in [0.2, 0.25) is 0 Å². The van der Waals surface area contributed by atoms with E-state index in [0.717, 1.165) is 0 Å². The maximum absolute atomic E-state index is 11.7. The lowest BCUT2D eigenvalue weighted by atomic mass is 10.1. The Bertz CT molecular complexity index is 521. The SMILES string of the molecule is Cc1cn(C2CO[C@H](CO)[C@H]2N)c(=O)[nH]c1=O. The average Bonchev–Trinajstić information content (AvgIpc) is 2.65. The zero-order valence-corrected chi connectivity index (χ0v) is 9.42. The molecule has 1 aromatic heterocycles. The summed E-state index contributed by atoms with van der Waals surface area (Å²) in [6, 6.07) is -0.835. The van der Waals surface area contributed by atoms with Gasteiger partial charge in [0, 0.05) is 11.8 Å². The summed E-state index contributed by atoms with van der Waals surface area (Å²) in [6.07, 6.45) is 0.994. The van der Waals surface area contributed by atoms with Crippen molar-refractivity contribution in [3.63, 3.8) is 0 Å². The maximum atomic E-state index is 11.7. The highest BCUT2D eigenvalue weighted by Crippen LogP contribution is 2.21. The van der Waals surface area contributed by atoms with Crippen LogP contribution >= 0.6 is 0 Å². The molecule has 7 nitrogen and oxygen atoms in total. The Morgan fingerprint density at radius 3 is 2.94 bits per heavy atom. The van der Waals surface area contributed by atoms with Gasteiger partial charge in [0.25, 0.3) is 5.56 Å². The number of aryl methyl sites for hydroxylation is 1. The summed E-state index contributed by atoms with van der Waals surface area (Å²) in [5, 5.41) is 9.02. The fourth-order valence-corrected chi connectivity index (χ4v) is 1.96. The lowest BCUT2D eigenvalue weighted by Gasteiger charge is -2.18. The summed E-state index contributed by atoms with van der Waals surface area (Å²) in [7, 11) is 0. The van der Waals surface area contributed by atoms with Crippen LogP contribution in [0, 0.1) is 6.92 Å². The van der Waals surface area contributed by atoms with Crippen molar-refractivity contribution in [1.82, 2.24) is 9.55 Å². The predicted molar refractivity (Wildman–Crippen MR) is 59.9 cm³/mol. The molecule has 3 atom stereocenters. The molecule has 1 fully saturated rings. The Morgan fingerprint density at radius 1 is 1.65 bits per heavy atom. The average molecular weight is 241 g/mol. The zero-order valence-electron chi connectivity index (χ0n) is 9.42. The van der Waals surface area contributed by atoms with Crippen LogP contribution in [0.15, 0.2) is 15.8 Å². The summed E-state index contributed by atoms with van der Waals surface area (Å²) >= 11 is 0. The van der Waals surface area contributed by atoms with Crippen LogP contribution < -0.4 is 17.0 Å². The van der Waals surface area contributed by atoms with E-state index in [-0.39, 0.29) is 19.3 Å². The van der Waals surface area contributed by atoms with Gasteiger partial charge in [-0.25, -0.2) is 4.79 Å². The second-order valence-corrected chi connectivity index (χ2v) is 4.18. The second kappa shape index (κ2) is 4.44. The van der Waals surface area contributed by atoms with Crippen LogP contribution in [0.5, 0.6) is 0 Å². The Morgan fingerprint density at radius 2 is 2.35 bits per heavy atom. The smallest absolute Gasteiger partial charge is 0.328 e. The fourth-order valence-electron chi connectivity index (χ4n) is 1.96. The van der Waals surface area contributed by atoms with E-state index < -0.39 is 23.4 Å². The number of nitrogens with two attached hydrogens (primary N) is 1. The highest BCUT2D eigenvalue weighted by atomic mass is 16.5. The minimum absolute atomic E-state index is 0.186. The van der Waals surface area contributed by atoms with E-state index in [1.807, 2.05) is 0 Å². The third kappa shape index (κ3) is 2.04. The summed E-state index contributed by atoms with van der Waals surface area (Å²) in [4.78, 5) is 25.1. The summed E-state index contributed by atoms with van der Waals surface area (Å²) < 4.78 is 6.64. The molecule has 0 bridgehead atoms. The number of aromatic nitrogens is 2. The molecule has 2 rings (SSSR count). The van der Waals surface area contributed by atoms with Gasteiger partial charge in [0.15, 0.2) is 0 Å². The number of H-pyrrole nitrogens is 1. The molecular formula is C10H15N3O4. The molecule has 0 radical (unpaired) electrons. The van der Waals surface area contributed by atoms with Gasteiger partial charge in [-0.15, -0.1) is 0 Å². The molecule has 0 spiro atoms. The van der Waals surface area contributed by atoms with Crippen molar-refractivity contribution < 1.29 is 9.84 Å². The van der Waals surface area contributed by atoms with Gasteiger partial charge in [0.1, 0.15) is 0 Å². The molecular weight excluding hydrogens is 226 g/mol. The van der Waals surface area contributed by atoms with Crippen molar-refractivity contribution in [3.8, 4) is 0 Å². The van der Waals surface area contributed by atoms with Gasteiger partial charge < -0.3 is 15.6 Å². The standard InChI is InChI=1S/C10H15N3O4/c1-5-2-13(10(16)12-9(5)15)6-4-17-7(3-14)8(6)11/h2,6-8,14H,3-4,11H2,1H3,(H,12,15,16)/t6?,7-,8+/m1/s1. The maximum Gasteiger partial charge on any atom is 0.328 e. The molecule has 0 aromatic carbocycles. The molecule has 2 heterocycles. The van der Waals surface area contributed by atoms with Gasteiger partial charge in [0.05, 0.1) is 31.4 Å². The summed E-state index contributed by atoms with van der Waals surface area (Å²) in [5.41, 5.74) is 5.40. The first-order valence-corrected chi connectivity index (χ1v) is 5.34. The third-order valence-electron chi connectivity index (χ3n) is 3.04. The van der Waals surface area contributed by atoms with Crippen LogP contribution in [0.3, 0.4) is 0 Å². The van der Waals surface area contributed by atoms with E-state index in [2.05, 4.69) is 4.98 Å². The number of aliphatic hydroxyl groups excluding tert-OH is 1. The van der Waals surface area contributed by atoms with E-state index >= 15 is 0 Å². The number of nitrogens with zero attached hydrogens (tertiary/aromatic N) is 1.